The number of aryl methyl sites for hydroxylation is 1. The second-order valence-corrected chi connectivity index (χ2v) is 6.07. The fourth-order valence-corrected chi connectivity index (χ4v) is 1.99. The molecule has 3 heteroatoms. The highest BCUT2D eigenvalue weighted by Crippen LogP contribution is 2.30. The van der Waals surface area contributed by atoms with E-state index in [9.17, 15) is 5.11 Å². The van der Waals surface area contributed by atoms with Crippen LogP contribution in [0, 0.1) is 5.41 Å². The number of ether oxygens (including phenoxy) is 2. The summed E-state index contributed by atoms with van der Waals surface area (Å²) in [6.07, 6.45) is 1.29. The second-order valence-electron chi connectivity index (χ2n) is 6.07. The van der Waals surface area contributed by atoms with E-state index in [1.54, 1.807) is 0 Å². The van der Waals surface area contributed by atoms with Gasteiger partial charge in [-0.15, -0.1) is 0 Å². The van der Waals surface area contributed by atoms with Crippen LogP contribution in [0.25, 0.3) is 0 Å². The third-order valence-electron chi connectivity index (χ3n) is 3.31. The molecule has 0 fully saturated rings. The Labute approximate surface area is 122 Å². The predicted molar refractivity (Wildman–Crippen MR) is 82.6 cm³/mol. The molecule has 0 saturated heterocycles. The summed E-state index contributed by atoms with van der Waals surface area (Å²) in [4.78, 5) is 0. The average Bonchev–Trinajstić information content (AvgIpc) is 2.38. The molecule has 1 unspecified atom stereocenters. The van der Waals surface area contributed by atoms with Crippen molar-refractivity contribution in [1.29, 1.82) is 0 Å². The Morgan fingerprint density at radius 3 is 2.20 bits per heavy atom. The second kappa shape index (κ2) is 7.53. The smallest absolute Gasteiger partial charge is 0.161 e. The number of aliphatic hydroxyl groups is 1. The molecule has 0 amide bonds. The van der Waals surface area contributed by atoms with E-state index in [1.165, 1.54) is 5.56 Å². The van der Waals surface area contributed by atoms with Crippen molar-refractivity contribution in [3.05, 3.63) is 23.8 Å². The van der Waals surface area contributed by atoms with Crippen molar-refractivity contribution < 1.29 is 14.6 Å². The van der Waals surface area contributed by atoms with Gasteiger partial charge in [0.2, 0.25) is 0 Å². The van der Waals surface area contributed by atoms with Crippen LogP contribution >= 0.6 is 0 Å². The van der Waals surface area contributed by atoms with Crippen LogP contribution in [0.5, 0.6) is 11.5 Å². The highest BCUT2D eigenvalue weighted by Gasteiger charge is 2.21. The minimum atomic E-state index is -0.301. The molecule has 0 saturated carbocycles. The van der Waals surface area contributed by atoms with E-state index in [0.717, 1.165) is 24.3 Å². The van der Waals surface area contributed by atoms with Crippen molar-refractivity contribution in [2.24, 2.45) is 5.41 Å². The topological polar surface area (TPSA) is 38.7 Å². The van der Waals surface area contributed by atoms with Crippen molar-refractivity contribution in [3.8, 4) is 11.5 Å². The van der Waals surface area contributed by atoms with Crippen LogP contribution in [0.1, 0.15) is 46.6 Å². The van der Waals surface area contributed by atoms with Gasteiger partial charge in [-0.3, -0.25) is 0 Å². The molecule has 1 N–H and O–H groups in total. The SMILES string of the molecule is CCOc1ccc(CCC(O)C(C)(C)C)cc1OCC. The third kappa shape index (κ3) is 5.04. The zero-order valence-electron chi connectivity index (χ0n) is 13.4. The number of benzene rings is 1. The van der Waals surface area contributed by atoms with Crippen LogP contribution in [0.15, 0.2) is 18.2 Å². The fourth-order valence-electron chi connectivity index (χ4n) is 1.99. The Balaban J connectivity index is 2.74. The van der Waals surface area contributed by atoms with E-state index in [1.807, 2.05) is 32.0 Å². The van der Waals surface area contributed by atoms with Gasteiger partial charge in [0.25, 0.3) is 0 Å². The first-order valence-corrected chi connectivity index (χ1v) is 7.45. The van der Waals surface area contributed by atoms with Gasteiger partial charge in [0, 0.05) is 0 Å². The average molecular weight is 280 g/mol. The van der Waals surface area contributed by atoms with E-state index in [4.69, 9.17) is 9.47 Å². The monoisotopic (exact) mass is 280 g/mol. The lowest BCUT2D eigenvalue weighted by Gasteiger charge is -2.25. The van der Waals surface area contributed by atoms with Crippen LogP contribution in [0.2, 0.25) is 0 Å². The highest BCUT2D eigenvalue weighted by molar-refractivity contribution is 5.43. The van der Waals surface area contributed by atoms with Crippen molar-refractivity contribution in [1.82, 2.24) is 0 Å². The maximum absolute atomic E-state index is 10.1. The Bertz CT molecular complexity index is 407. The van der Waals surface area contributed by atoms with E-state index in [-0.39, 0.29) is 11.5 Å². The molecule has 114 valence electrons. The fraction of sp³-hybridized carbons (Fsp3) is 0.647. The van der Waals surface area contributed by atoms with Crippen molar-refractivity contribution in [2.75, 3.05) is 13.2 Å². The molecular weight excluding hydrogens is 252 g/mol. The van der Waals surface area contributed by atoms with Gasteiger partial charge >= 0.3 is 0 Å². The first kappa shape index (κ1) is 16.8. The summed E-state index contributed by atoms with van der Waals surface area (Å²) in [5, 5.41) is 10.1. The largest absolute Gasteiger partial charge is 0.490 e. The van der Waals surface area contributed by atoms with E-state index < -0.39 is 0 Å². The Morgan fingerprint density at radius 2 is 1.65 bits per heavy atom. The van der Waals surface area contributed by atoms with Gasteiger partial charge in [-0.25, -0.2) is 0 Å². The molecule has 0 heterocycles. The zero-order chi connectivity index (χ0) is 15.2. The summed E-state index contributed by atoms with van der Waals surface area (Å²) >= 11 is 0. The lowest BCUT2D eigenvalue weighted by atomic mass is 9.86. The predicted octanol–water partition coefficient (Wildman–Crippen LogP) is 3.82. The number of rotatable bonds is 7. The van der Waals surface area contributed by atoms with Crippen molar-refractivity contribution >= 4 is 0 Å². The number of aliphatic hydroxyl groups excluding tert-OH is 1. The van der Waals surface area contributed by atoms with Gasteiger partial charge in [0.1, 0.15) is 0 Å². The van der Waals surface area contributed by atoms with Crippen LogP contribution in [-0.4, -0.2) is 24.4 Å². The van der Waals surface area contributed by atoms with E-state index in [0.29, 0.717) is 13.2 Å². The lowest BCUT2D eigenvalue weighted by molar-refractivity contribution is 0.0560. The molecule has 0 bridgehead atoms. The van der Waals surface area contributed by atoms with Gasteiger partial charge < -0.3 is 14.6 Å². The molecule has 1 aromatic rings. The molecule has 1 aromatic carbocycles. The summed E-state index contributed by atoms with van der Waals surface area (Å²) < 4.78 is 11.2. The molecule has 3 nitrogen and oxygen atoms in total. The van der Waals surface area contributed by atoms with Crippen molar-refractivity contribution in [2.45, 2.75) is 53.6 Å². The van der Waals surface area contributed by atoms with Gasteiger partial charge in [0.15, 0.2) is 11.5 Å². The Kier molecular flexibility index (Phi) is 6.34. The quantitative estimate of drug-likeness (QED) is 0.825. The molecule has 0 spiro atoms. The molecule has 20 heavy (non-hydrogen) atoms. The number of hydrogen-bond donors (Lipinski definition) is 1. The molecular formula is C17H28O3. The first-order chi connectivity index (χ1) is 9.38. The van der Waals surface area contributed by atoms with Gasteiger partial charge in [0.05, 0.1) is 19.3 Å². The summed E-state index contributed by atoms with van der Waals surface area (Å²) in [6.45, 7) is 11.3. The summed E-state index contributed by atoms with van der Waals surface area (Å²) in [6, 6.07) is 6.01. The molecule has 0 aliphatic heterocycles. The van der Waals surface area contributed by atoms with Crippen LogP contribution < -0.4 is 9.47 Å². The molecule has 0 aliphatic rings. The van der Waals surface area contributed by atoms with E-state index in [2.05, 4.69) is 20.8 Å². The molecule has 1 rings (SSSR count). The molecule has 1 atom stereocenters. The van der Waals surface area contributed by atoms with Crippen LogP contribution in [0.4, 0.5) is 0 Å². The number of hydrogen-bond acceptors (Lipinski definition) is 3. The minimum absolute atomic E-state index is 0.0754. The minimum Gasteiger partial charge on any atom is -0.490 e. The Hall–Kier alpha value is -1.22. The first-order valence-electron chi connectivity index (χ1n) is 7.45. The van der Waals surface area contributed by atoms with Gasteiger partial charge in [-0.05, 0) is 49.8 Å². The zero-order valence-corrected chi connectivity index (χ0v) is 13.4. The maximum atomic E-state index is 10.1. The molecule has 0 aromatic heterocycles. The summed E-state index contributed by atoms with van der Waals surface area (Å²) in [5.41, 5.74) is 1.09. The van der Waals surface area contributed by atoms with E-state index >= 15 is 0 Å². The molecule has 0 aliphatic carbocycles. The van der Waals surface area contributed by atoms with Crippen molar-refractivity contribution in [3.63, 3.8) is 0 Å². The lowest BCUT2D eigenvalue weighted by Crippen LogP contribution is -2.26. The van der Waals surface area contributed by atoms with Crippen LogP contribution in [-0.2, 0) is 6.42 Å². The summed E-state index contributed by atoms with van der Waals surface area (Å²) in [5.74, 6) is 1.58. The third-order valence-corrected chi connectivity index (χ3v) is 3.31. The Morgan fingerprint density at radius 1 is 1.05 bits per heavy atom. The normalized spacial score (nSPS) is 13.1. The highest BCUT2D eigenvalue weighted by atomic mass is 16.5. The summed E-state index contributed by atoms with van der Waals surface area (Å²) in [7, 11) is 0. The maximum Gasteiger partial charge on any atom is 0.161 e. The van der Waals surface area contributed by atoms with Crippen LogP contribution in [0.3, 0.4) is 0 Å². The van der Waals surface area contributed by atoms with Gasteiger partial charge in [-0.1, -0.05) is 26.8 Å². The molecule has 0 radical (unpaired) electrons. The van der Waals surface area contributed by atoms with Gasteiger partial charge in [-0.2, -0.15) is 0 Å². The standard InChI is InChI=1S/C17H28O3/c1-6-19-14-10-8-13(12-15(14)20-7-2)9-11-16(18)17(3,4)5/h8,10,12,16,18H,6-7,9,11H2,1-5H3.